The van der Waals surface area contributed by atoms with Gasteiger partial charge in [-0.25, -0.2) is 4.79 Å². The lowest BCUT2D eigenvalue weighted by Crippen LogP contribution is -2.37. The van der Waals surface area contributed by atoms with E-state index in [0.717, 1.165) is 23.7 Å². The molecule has 4 heteroatoms. The summed E-state index contributed by atoms with van der Waals surface area (Å²) in [5.41, 5.74) is 1.07. The fourth-order valence-electron chi connectivity index (χ4n) is 2.36. The van der Waals surface area contributed by atoms with Gasteiger partial charge >= 0.3 is 5.97 Å². The van der Waals surface area contributed by atoms with Crippen LogP contribution >= 0.6 is 0 Å². The summed E-state index contributed by atoms with van der Waals surface area (Å²) in [6.45, 7) is 6.60. The highest BCUT2D eigenvalue weighted by atomic mass is 28.4. The van der Waals surface area contributed by atoms with E-state index in [1.54, 1.807) is 0 Å². The third-order valence-electron chi connectivity index (χ3n) is 4.05. The molecule has 0 saturated carbocycles. The summed E-state index contributed by atoms with van der Waals surface area (Å²) in [6, 6.07) is 13.3. The van der Waals surface area contributed by atoms with E-state index in [-0.39, 0.29) is 12.1 Å². The minimum atomic E-state index is -1.75. The Morgan fingerprint density at radius 3 is 2.19 bits per heavy atom. The Balaban J connectivity index is 3.02. The van der Waals surface area contributed by atoms with Gasteiger partial charge in [0.25, 0.3) is 0 Å². The number of ether oxygens (including phenoxy) is 1. The lowest BCUT2D eigenvalue weighted by molar-refractivity contribution is -0.134. The van der Waals surface area contributed by atoms with Crippen LogP contribution in [0.2, 0.25) is 18.1 Å². The second-order valence-corrected chi connectivity index (χ2v) is 9.80. The fraction of sp³-hybridized carbons (Fsp3) is 0.471. The highest BCUT2D eigenvalue weighted by molar-refractivity contribution is 6.73. The molecule has 1 unspecified atom stereocenters. The molecule has 1 rings (SSSR count). The van der Waals surface area contributed by atoms with Crippen LogP contribution in [0.3, 0.4) is 0 Å². The molecule has 0 aliphatic rings. The molecule has 1 aromatic rings. The van der Waals surface area contributed by atoms with Gasteiger partial charge in [0.05, 0.1) is 13.2 Å². The van der Waals surface area contributed by atoms with Crippen molar-refractivity contribution in [3.8, 4) is 0 Å². The van der Waals surface area contributed by atoms with E-state index >= 15 is 0 Å². The minimum absolute atomic E-state index is 0.184. The molecule has 21 heavy (non-hydrogen) atoms. The Hall–Kier alpha value is -1.39. The summed E-state index contributed by atoms with van der Waals surface area (Å²) in [6.07, 6.45) is 3.08. The van der Waals surface area contributed by atoms with Crippen molar-refractivity contribution < 1.29 is 14.0 Å². The molecule has 0 heterocycles. The van der Waals surface area contributed by atoms with E-state index in [0.29, 0.717) is 0 Å². The summed E-state index contributed by atoms with van der Waals surface area (Å²) in [5, 5.41) is 0. The van der Waals surface area contributed by atoms with E-state index < -0.39 is 8.32 Å². The largest absolute Gasteiger partial charge is 0.466 e. The van der Waals surface area contributed by atoms with E-state index in [1.807, 2.05) is 36.4 Å². The number of esters is 1. The first kappa shape index (κ1) is 17.7. The van der Waals surface area contributed by atoms with Gasteiger partial charge in [-0.05, 0) is 29.8 Å². The second kappa shape index (κ2) is 8.80. The van der Waals surface area contributed by atoms with Crippen LogP contribution < -0.4 is 0 Å². The maximum Gasteiger partial charge on any atom is 0.330 e. The van der Waals surface area contributed by atoms with Gasteiger partial charge in [0.15, 0.2) is 8.32 Å². The Labute approximate surface area is 129 Å². The first-order chi connectivity index (χ1) is 10.1. The SMILES string of the molecule is CC[Si](CC)(CC)OC(/C=C/C(=O)OC)c1ccccc1. The monoisotopic (exact) mass is 306 g/mol. The summed E-state index contributed by atoms with van der Waals surface area (Å²) in [4.78, 5) is 11.4. The van der Waals surface area contributed by atoms with Crippen LogP contribution in [0.5, 0.6) is 0 Å². The van der Waals surface area contributed by atoms with E-state index in [2.05, 4.69) is 25.5 Å². The van der Waals surface area contributed by atoms with Gasteiger partial charge in [-0.3, -0.25) is 0 Å². The van der Waals surface area contributed by atoms with Gasteiger partial charge in [-0.1, -0.05) is 51.1 Å². The van der Waals surface area contributed by atoms with Crippen LogP contribution in [0.1, 0.15) is 32.4 Å². The van der Waals surface area contributed by atoms with Crippen molar-refractivity contribution in [1.29, 1.82) is 0 Å². The van der Waals surface area contributed by atoms with Crippen molar-refractivity contribution in [2.24, 2.45) is 0 Å². The summed E-state index contributed by atoms with van der Waals surface area (Å²) >= 11 is 0. The quantitative estimate of drug-likeness (QED) is 0.403. The normalized spacial score (nSPS) is 13.3. The molecule has 1 atom stereocenters. The molecule has 0 aliphatic heterocycles. The van der Waals surface area contributed by atoms with Crippen molar-refractivity contribution in [3.63, 3.8) is 0 Å². The molecule has 1 aromatic carbocycles. The predicted octanol–water partition coefficient (Wildman–Crippen LogP) is 4.48. The number of hydrogen-bond acceptors (Lipinski definition) is 3. The van der Waals surface area contributed by atoms with Crippen LogP contribution in [0.4, 0.5) is 0 Å². The molecular weight excluding hydrogens is 280 g/mol. The standard InChI is InChI=1S/C17H26O3Si/c1-5-21(6-2,7-3)20-16(13-14-17(18)19-4)15-11-9-8-10-12-15/h8-14,16H,5-7H2,1-4H3/b14-13+. The highest BCUT2D eigenvalue weighted by Crippen LogP contribution is 2.30. The maximum absolute atomic E-state index is 11.4. The highest BCUT2D eigenvalue weighted by Gasteiger charge is 2.31. The van der Waals surface area contributed by atoms with Crippen molar-refractivity contribution in [1.82, 2.24) is 0 Å². The second-order valence-electron chi connectivity index (χ2n) is 5.08. The van der Waals surface area contributed by atoms with Crippen molar-refractivity contribution in [2.75, 3.05) is 7.11 Å². The molecule has 0 N–H and O–H groups in total. The van der Waals surface area contributed by atoms with Gasteiger partial charge < -0.3 is 9.16 Å². The average Bonchev–Trinajstić information content (AvgIpc) is 2.56. The molecule has 0 radical (unpaired) electrons. The van der Waals surface area contributed by atoms with Gasteiger partial charge in [0, 0.05) is 6.08 Å². The molecule has 0 aromatic heterocycles. The third-order valence-corrected chi connectivity index (χ3v) is 8.67. The topological polar surface area (TPSA) is 35.5 Å². The number of carbonyl (C=O) groups is 1. The first-order valence-electron chi connectivity index (χ1n) is 7.59. The Kier molecular flexibility index (Phi) is 7.40. The maximum atomic E-state index is 11.4. The fourth-order valence-corrected chi connectivity index (χ4v) is 5.12. The van der Waals surface area contributed by atoms with Crippen LogP contribution in [-0.4, -0.2) is 21.4 Å². The van der Waals surface area contributed by atoms with Crippen molar-refractivity contribution >= 4 is 14.3 Å². The first-order valence-corrected chi connectivity index (χ1v) is 10.1. The van der Waals surface area contributed by atoms with E-state index in [1.165, 1.54) is 13.2 Å². The van der Waals surface area contributed by atoms with E-state index in [9.17, 15) is 4.79 Å². The van der Waals surface area contributed by atoms with Gasteiger partial charge in [-0.2, -0.15) is 0 Å². The minimum Gasteiger partial charge on any atom is -0.466 e. The zero-order valence-electron chi connectivity index (χ0n) is 13.5. The Bertz CT molecular complexity index is 444. The van der Waals surface area contributed by atoms with Gasteiger partial charge in [0.1, 0.15) is 0 Å². The number of rotatable bonds is 8. The number of methoxy groups -OCH3 is 1. The zero-order valence-corrected chi connectivity index (χ0v) is 14.5. The smallest absolute Gasteiger partial charge is 0.330 e. The zero-order chi connectivity index (χ0) is 15.7. The van der Waals surface area contributed by atoms with Gasteiger partial charge in [0.2, 0.25) is 0 Å². The molecule has 0 spiro atoms. The average molecular weight is 306 g/mol. The van der Waals surface area contributed by atoms with Crippen molar-refractivity contribution in [2.45, 2.75) is 45.0 Å². The van der Waals surface area contributed by atoms with Crippen molar-refractivity contribution in [3.05, 3.63) is 48.0 Å². The molecule has 0 saturated heterocycles. The predicted molar refractivity (Wildman–Crippen MR) is 88.6 cm³/mol. The molecule has 3 nitrogen and oxygen atoms in total. The molecule has 0 amide bonds. The summed E-state index contributed by atoms with van der Waals surface area (Å²) < 4.78 is 11.2. The third kappa shape index (κ3) is 5.14. The van der Waals surface area contributed by atoms with Crippen LogP contribution in [0.15, 0.2) is 42.5 Å². The van der Waals surface area contributed by atoms with Crippen LogP contribution in [0, 0.1) is 0 Å². The Morgan fingerprint density at radius 2 is 1.71 bits per heavy atom. The molecule has 0 fully saturated rings. The molecule has 0 bridgehead atoms. The van der Waals surface area contributed by atoms with Crippen LogP contribution in [0.25, 0.3) is 0 Å². The van der Waals surface area contributed by atoms with Crippen LogP contribution in [-0.2, 0) is 14.0 Å². The molecule has 116 valence electrons. The molecular formula is C17H26O3Si. The van der Waals surface area contributed by atoms with E-state index in [4.69, 9.17) is 4.43 Å². The van der Waals surface area contributed by atoms with Gasteiger partial charge in [-0.15, -0.1) is 0 Å². The molecule has 0 aliphatic carbocycles. The lowest BCUT2D eigenvalue weighted by Gasteiger charge is -2.32. The number of hydrogen-bond donors (Lipinski definition) is 0. The number of benzene rings is 1. The summed E-state index contributed by atoms with van der Waals surface area (Å²) in [5.74, 6) is -0.351. The Morgan fingerprint density at radius 1 is 1.14 bits per heavy atom. The lowest BCUT2D eigenvalue weighted by atomic mass is 10.1. The number of carbonyl (C=O) groups excluding carboxylic acids is 1. The summed E-state index contributed by atoms with van der Waals surface area (Å²) in [7, 11) is -0.366.